The quantitative estimate of drug-likeness (QED) is 0.237. The van der Waals surface area contributed by atoms with Crippen LogP contribution in [0.25, 0.3) is 0 Å². The molecular weight excluding hydrogens is 741 g/mol. The number of aliphatic hydroxyl groups excluding tert-OH is 1. The second-order valence-corrected chi connectivity index (χ2v) is 14.1. The van der Waals surface area contributed by atoms with Crippen LogP contribution in [0.5, 0.6) is 28.7 Å². The smallest absolute Gasteiger partial charge is 0.251 e. The predicted octanol–water partition coefficient (Wildman–Crippen LogP) is 3.35. The molecule has 0 saturated carbocycles. The Hall–Kier alpha value is -5.90. The minimum Gasteiger partial charge on any atom is -0.493 e. The van der Waals surface area contributed by atoms with Crippen LogP contribution in [0.3, 0.4) is 0 Å². The number of methoxy groups -OCH3 is 1. The van der Waals surface area contributed by atoms with Gasteiger partial charge in [-0.2, -0.15) is 0 Å². The van der Waals surface area contributed by atoms with Gasteiger partial charge < -0.3 is 50.2 Å². The van der Waals surface area contributed by atoms with Gasteiger partial charge in [-0.05, 0) is 79.3 Å². The van der Waals surface area contributed by atoms with Gasteiger partial charge in [0.2, 0.25) is 30.4 Å². The molecule has 0 fully saturated rings. The third-order valence-electron chi connectivity index (χ3n) is 9.84. The van der Waals surface area contributed by atoms with Crippen LogP contribution < -0.4 is 40.2 Å². The molecule has 57 heavy (non-hydrogen) atoms. The summed E-state index contributed by atoms with van der Waals surface area (Å²) in [6.45, 7) is 5.32. The van der Waals surface area contributed by atoms with Crippen LogP contribution in [0.2, 0.25) is 0 Å². The van der Waals surface area contributed by atoms with E-state index in [2.05, 4.69) is 21.3 Å². The predicted molar refractivity (Wildman–Crippen MR) is 205 cm³/mol. The molecular formula is C41H50FN5O10. The number of fused-ring (bicyclic) bond motifs is 5. The van der Waals surface area contributed by atoms with E-state index in [1.165, 1.54) is 44.4 Å². The fourth-order valence-corrected chi connectivity index (χ4v) is 6.41. The first kappa shape index (κ1) is 42.2. The van der Waals surface area contributed by atoms with Gasteiger partial charge in [-0.15, -0.1) is 0 Å². The zero-order valence-corrected chi connectivity index (χ0v) is 32.5. The Morgan fingerprint density at radius 2 is 1.72 bits per heavy atom. The molecule has 3 aromatic rings. The largest absolute Gasteiger partial charge is 0.493 e. The van der Waals surface area contributed by atoms with Gasteiger partial charge in [0.05, 0.1) is 13.2 Å². The summed E-state index contributed by atoms with van der Waals surface area (Å²) in [7, 11) is 1.42. The van der Waals surface area contributed by atoms with Crippen molar-refractivity contribution in [3.05, 3.63) is 77.1 Å². The lowest BCUT2D eigenvalue weighted by atomic mass is 9.97. The number of ether oxygens (including phenoxy) is 4. The summed E-state index contributed by atoms with van der Waals surface area (Å²) in [6, 6.07) is 11.4. The maximum absolute atomic E-state index is 14.9. The van der Waals surface area contributed by atoms with E-state index in [1.54, 1.807) is 17.9 Å². The molecule has 2 aliphatic heterocycles. The number of aryl methyl sites for hydroxylation is 1. The Morgan fingerprint density at radius 3 is 2.47 bits per heavy atom. The molecule has 3 aromatic carbocycles. The number of rotatable bonds is 7. The molecule has 5 amide bonds. The van der Waals surface area contributed by atoms with E-state index < -0.39 is 47.6 Å². The van der Waals surface area contributed by atoms with Gasteiger partial charge in [0, 0.05) is 50.7 Å². The Labute approximate surface area is 330 Å². The Balaban J connectivity index is 1.39. The van der Waals surface area contributed by atoms with Crippen LogP contribution in [0.15, 0.2) is 54.6 Å². The van der Waals surface area contributed by atoms with Crippen molar-refractivity contribution in [1.82, 2.24) is 26.2 Å². The molecule has 2 aliphatic rings. The lowest BCUT2D eigenvalue weighted by molar-refractivity contribution is -0.135. The number of halogens is 1. The summed E-state index contributed by atoms with van der Waals surface area (Å²) in [4.78, 5) is 68.6. The summed E-state index contributed by atoms with van der Waals surface area (Å²) in [5.74, 6) is -1.84. The Kier molecular flexibility index (Phi) is 14.7. The fraction of sp³-hybridized carbons (Fsp3) is 0.439. The maximum Gasteiger partial charge on any atom is 0.251 e. The topological polar surface area (TPSA) is 194 Å². The Bertz CT molecular complexity index is 1940. The summed E-state index contributed by atoms with van der Waals surface area (Å²) in [5.41, 5.74) is 1.43. The molecule has 0 unspecified atom stereocenters. The average molecular weight is 792 g/mol. The summed E-state index contributed by atoms with van der Waals surface area (Å²) >= 11 is 0. The van der Waals surface area contributed by atoms with Crippen molar-refractivity contribution in [3.63, 3.8) is 0 Å². The fourth-order valence-electron chi connectivity index (χ4n) is 6.41. The molecule has 0 aliphatic carbocycles. The van der Waals surface area contributed by atoms with Gasteiger partial charge in [-0.25, -0.2) is 4.39 Å². The monoisotopic (exact) mass is 791 g/mol. The molecule has 5 N–H and O–H groups in total. The van der Waals surface area contributed by atoms with Crippen molar-refractivity contribution in [3.8, 4) is 28.7 Å². The van der Waals surface area contributed by atoms with E-state index in [0.717, 1.165) is 11.6 Å². The highest BCUT2D eigenvalue weighted by atomic mass is 19.1. The van der Waals surface area contributed by atoms with Crippen LogP contribution in [0, 0.1) is 11.7 Å². The van der Waals surface area contributed by atoms with Gasteiger partial charge in [-0.1, -0.05) is 26.3 Å². The van der Waals surface area contributed by atoms with E-state index in [-0.39, 0.29) is 86.9 Å². The number of carbonyl (C=O) groups excluding carboxylic acids is 5. The first-order valence-corrected chi connectivity index (χ1v) is 19.0. The summed E-state index contributed by atoms with van der Waals surface area (Å²) < 4.78 is 37.1. The molecule has 2 heterocycles. The first-order valence-electron chi connectivity index (χ1n) is 19.0. The number of aliphatic hydroxyl groups is 1. The van der Waals surface area contributed by atoms with Gasteiger partial charge in [0.25, 0.3) is 5.91 Å². The van der Waals surface area contributed by atoms with Crippen molar-refractivity contribution in [2.75, 3.05) is 33.5 Å². The molecule has 0 saturated heterocycles. The van der Waals surface area contributed by atoms with Gasteiger partial charge in [0.15, 0.2) is 23.0 Å². The first-order chi connectivity index (χ1) is 27.3. The number of amides is 5. The zero-order valence-electron chi connectivity index (χ0n) is 32.5. The zero-order chi connectivity index (χ0) is 41.1. The molecule has 0 radical (unpaired) electrons. The minimum atomic E-state index is -1.38. The van der Waals surface area contributed by atoms with Gasteiger partial charge >= 0.3 is 0 Å². The van der Waals surface area contributed by atoms with Gasteiger partial charge in [-0.3, -0.25) is 24.0 Å². The Morgan fingerprint density at radius 1 is 0.930 bits per heavy atom. The third-order valence-corrected chi connectivity index (χ3v) is 9.84. The SMILES string of the molecule is CC[C@H](C)[C@@H]1NC(=O)[C@H]([C@@H](C)O)NC(=O)CCCN(C(=O)CCc2ccc3c(c2)OCO3)CCNC(=O)c2ccc(OC)c(c2)Oc2cc(F)cc(c2)CNC1=O. The lowest BCUT2D eigenvalue weighted by Gasteiger charge is -2.28. The summed E-state index contributed by atoms with van der Waals surface area (Å²) in [6.07, 6.45) is -0.144. The molecule has 4 atom stereocenters. The molecule has 0 spiro atoms. The van der Waals surface area contributed by atoms with Crippen LogP contribution >= 0.6 is 0 Å². The van der Waals surface area contributed by atoms with Crippen LogP contribution in [0.1, 0.15) is 67.9 Å². The standard InChI is InChI=1S/C41H50FN5O10/c1-5-24(2)37-40(52)44-22-27-17-29(42)21-30(18-27)57-34-20-28(10-12-31(34)54-4)39(51)43-14-16-47(15-6-7-35(49)45-38(25(3)48)41(53)46-37)36(50)13-9-26-8-11-32-33(19-26)56-23-55-32/h8,10-12,17-21,24-25,37-38,48H,5-7,9,13-16,22-23H2,1-4H3,(H,43,51)(H,44,52)(H,45,49)(H,46,53)/t24-,25+,37-,38-/m0/s1. The van der Waals surface area contributed by atoms with Crippen LogP contribution in [-0.4, -0.2) is 91.3 Å². The molecule has 0 aromatic heterocycles. The lowest BCUT2D eigenvalue weighted by Crippen LogP contribution is -2.58. The number of nitrogens with one attached hydrogen (secondary N) is 4. The van der Waals surface area contributed by atoms with Crippen molar-refractivity contribution < 1.29 is 52.4 Å². The van der Waals surface area contributed by atoms with Crippen LogP contribution in [0.4, 0.5) is 4.39 Å². The number of hydrogen-bond donors (Lipinski definition) is 5. The molecule has 4 bridgehead atoms. The van der Waals surface area contributed by atoms with Crippen molar-refractivity contribution in [2.45, 2.75) is 77.6 Å². The number of carbonyl (C=O) groups is 5. The molecule has 5 rings (SSSR count). The minimum absolute atomic E-state index is 0.0711. The van der Waals surface area contributed by atoms with Crippen LogP contribution in [-0.2, 0) is 32.1 Å². The highest BCUT2D eigenvalue weighted by Crippen LogP contribution is 2.34. The summed E-state index contributed by atoms with van der Waals surface area (Å²) in [5, 5.41) is 21.3. The maximum atomic E-state index is 14.9. The van der Waals surface area contributed by atoms with Crippen molar-refractivity contribution in [2.24, 2.45) is 5.92 Å². The van der Waals surface area contributed by atoms with E-state index in [1.807, 2.05) is 19.1 Å². The normalized spacial score (nSPS) is 19.4. The number of hydrogen-bond acceptors (Lipinski definition) is 10. The highest BCUT2D eigenvalue weighted by molar-refractivity contribution is 5.95. The number of nitrogens with zero attached hydrogens (tertiary/aromatic N) is 1. The van der Waals surface area contributed by atoms with Crippen molar-refractivity contribution in [1.29, 1.82) is 0 Å². The molecule has 15 nitrogen and oxygen atoms in total. The van der Waals surface area contributed by atoms with E-state index in [0.29, 0.717) is 29.9 Å². The molecule has 16 heteroatoms. The van der Waals surface area contributed by atoms with Gasteiger partial charge in [0.1, 0.15) is 23.7 Å². The van der Waals surface area contributed by atoms with E-state index in [4.69, 9.17) is 18.9 Å². The van der Waals surface area contributed by atoms with E-state index in [9.17, 15) is 33.5 Å². The highest BCUT2D eigenvalue weighted by Gasteiger charge is 2.32. The second-order valence-electron chi connectivity index (χ2n) is 14.1. The van der Waals surface area contributed by atoms with Crippen molar-refractivity contribution >= 4 is 29.5 Å². The molecule has 306 valence electrons. The second kappa shape index (κ2) is 19.8. The van der Waals surface area contributed by atoms with E-state index >= 15 is 0 Å². The third kappa shape index (κ3) is 11.6. The average Bonchev–Trinajstić information content (AvgIpc) is 3.66. The number of benzene rings is 3.